The molecule has 4 aromatic rings. The first-order valence-electron chi connectivity index (χ1n) is 25.7. The van der Waals surface area contributed by atoms with Crippen LogP contribution in [0.3, 0.4) is 0 Å². The Morgan fingerprint density at radius 1 is 0.623 bits per heavy atom. The van der Waals surface area contributed by atoms with Crippen molar-refractivity contribution in [3.8, 4) is 0 Å². The Kier molecular flexibility index (Phi) is 24.4. The Balaban J connectivity index is 0.000000281. The number of carbonyl (C=O) groups excluding carboxylic acids is 2. The van der Waals surface area contributed by atoms with Crippen LogP contribution in [0.4, 0.5) is 47.8 Å². The Hall–Kier alpha value is -4.18. The number of hydrogen-bond donors (Lipinski definition) is 2. The SMILES string of the molecule is CC(C)OC(=O)N1[C@H](C(C)C)CC(N(Cc2cc(Cl)cc(C(F)(F)F)c2)c2ncc(Br)cn2)C[C@H]1C(C)C.CC(C)OC(=O)N1[C@H](C(C)C)CC(Nc2ncc(Br)cn2)C[C@H]1C(C)C.NCc1cc(Cl)cc(C(F)(F)F)c1. The molecular formula is C54H73Br2Cl2F6N9O4. The molecule has 2 aromatic carbocycles. The van der Waals surface area contributed by atoms with Crippen molar-refractivity contribution in [2.24, 2.45) is 29.4 Å². The van der Waals surface area contributed by atoms with Crippen molar-refractivity contribution in [2.75, 3.05) is 10.2 Å². The Morgan fingerprint density at radius 2 is 0.987 bits per heavy atom. The molecule has 2 aromatic heterocycles. The van der Waals surface area contributed by atoms with Gasteiger partial charge in [0.2, 0.25) is 11.9 Å². The van der Waals surface area contributed by atoms with Gasteiger partial charge in [-0.25, -0.2) is 29.5 Å². The van der Waals surface area contributed by atoms with E-state index in [4.69, 9.17) is 38.4 Å². The quantitative estimate of drug-likeness (QED) is 0.123. The number of rotatable bonds is 13. The van der Waals surface area contributed by atoms with Crippen LogP contribution in [0.15, 0.2) is 70.1 Å². The molecule has 2 fully saturated rings. The van der Waals surface area contributed by atoms with Crippen LogP contribution in [0.2, 0.25) is 10.0 Å². The third kappa shape index (κ3) is 19.6. The minimum Gasteiger partial charge on any atom is -0.447 e. The van der Waals surface area contributed by atoms with Gasteiger partial charge in [0.1, 0.15) is 0 Å². The second-order valence-electron chi connectivity index (χ2n) is 21.3. The lowest BCUT2D eigenvalue weighted by Crippen LogP contribution is -2.60. The summed E-state index contributed by atoms with van der Waals surface area (Å²) in [6, 6.07) is 6.89. The average molecular weight is 1260 g/mol. The fourth-order valence-corrected chi connectivity index (χ4v) is 10.4. The smallest absolute Gasteiger partial charge is 0.416 e. The van der Waals surface area contributed by atoms with Crippen molar-refractivity contribution >= 4 is 79.1 Å². The zero-order chi connectivity index (χ0) is 57.9. The lowest BCUT2D eigenvalue weighted by Gasteiger charge is -2.50. The van der Waals surface area contributed by atoms with Gasteiger partial charge in [-0.3, -0.25) is 0 Å². The van der Waals surface area contributed by atoms with E-state index in [1.165, 1.54) is 12.1 Å². The lowest BCUT2D eigenvalue weighted by atomic mass is 9.81. The van der Waals surface area contributed by atoms with Crippen LogP contribution in [-0.4, -0.2) is 90.4 Å². The van der Waals surface area contributed by atoms with Crippen LogP contribution < -0.4 is 16.0 Å². The van der Waals surface area contributed by atoms with Crippen molar-refractivity contribution in [3.63, 3.8) is 0 Å². The number of hydrogen-bond acceptors (Lipinski definition) is 11. The highest BCUT2D eigenvalue weighted by atomic mass is 79.9. The maximum absolute atomic E-state index is 13.5. The van der Waals surface area contributed by atoms with Gasteiger partial charge in [-0.2, -0.15) is 26.3 Å². The van der Waals surface area contributed by atoms with Gasteiger partial charge in [-0.1, -0.05) is 78.6 Å². The van der Waals surface area contributed by atoms with Gasteiger partial charge >= 0.3 is 24.5 Å². The van der Waals surface area contributed by atoms with Crippen LogP contribution >= 0.6 is 55.1 Å². The molecule has 0 saturated carbocycles. The van der Waals surface area contributed by atoms with Gasteiger partial charge in [-0.05, 0) is 156 Å². The van der Waals surface area contributed by atoms with Crippen molar-refractivity contribution in [3.05, 3.63) is 102 Å². The number of ether oxygens (including phenoxy) is 2. The maximum Gasteiger partial charge on any atom is 0.416 e. The van der Waals surface area contributed by atoms with E-state index < -0.39 is 23.5 Å². The molecule has 0 bridgehead atoms. The summed E-state index contributed by atoms with van der Waals surface area (Å²) in [5.41, 5.74) is 4.42. The molecule has 2 saturated heterocycles. The predicted octanol–water partition coefficient (Wildman–Crippen LogP) is 15.5. The largest absolute Gasteiger partial charge is 0.447 e. The third-order valence-corrected chi connectivity index (χ3v) is 14.4. The summed E-state index contributed by atoms with van der Waals surface area (Å²) in [7, 11) is 0. The number of benzene rings is 2. The number of amides is 2. The first-order chi connectivity index (χ1) is 35.8. The number of nitrogens with one attached hydrogen (secondary N) is 1. The predicted molar refractivity (Wildman–Crippen MR) is 298 cm³/mol. The van der Waals surface area contributed by atoms with Crippen LogP contribution in [0.5, 0.6) is 0 Å². The van der Waals surface area contributed by atoms with E-state index in [1.54, 1.807) is 24.8 Å². The molecule has 0 unspecified atom stereocenters. The average Bonchev–Trinajstić information content (AvgIpc) is 3.32. The number of anilines is 2. The van der Waals surface area contributed by atoms with E-state index in [1.807, 2.05) is 42.4 Å². The zero-order valence-electron chi connectivity index (χ0n) is 45.6. The zero-order valence-corrected chi connectivity index (χ0v) is 50.2. The van der Waals surface area contributed by atoms with Crippen LogP contribution in [0, 0.1) is 23.7 Å². The molecule has 2 aliphatic rings. The topological polar surface area (TPSA) is 152 Å². The molecular weight excluding hydrogens is 1180 g/mol. The van der Waals surface area contributed by atoms with Gasteiger partial charge in [0, 0.05) is 84.2 Å². The van der Waals surface area contributed by atoms with Gasteiger partial charge in [0.15, 0.2) is 0 Å². The molecule has 23 heteroatoms. The van der Waals surface area contributed by atoms with E-state index >= 15 is 0 Å². The Morgan fingerprint density at radius 3 is 1.35 bits per heavy atom. The van der Waals surface area contributed by atoms with E-state index in [9.17, 15) is 35.9 Å². The van der Waals surface area contributed by atoms with Crippen molar-refractivity contribution in [2.45, 2.75) is 183 Å². The molecule has 2 aliphatic heterocycles. The monoisotopic (exact) mass is 1250 g/mol. The molecule has 2 amide bonds. The summed E-state index contributed by atoms with van der Waals surface area (Å²) in [6.07, 6.45) is -0.207. The fourth-order valence-electron chi connectivity index (χ4n) is 9.51. The number of nitrogens with two attached hydrogens (primary N) is 1. The minimum atomic E-state index is -4.52. The van der Waals surface area contributed by atoms with Crippen molar-refractivity contribution < 1.29 is 45.4 Å². The molecule has 0 spiro atoms. The van der Waals surface area contributed by atoms with Gasteiger partial charge in [-0.15, -0.1) is 0 Å². The Labute approximate surface area is 476 Å². The fraction of sp³-hybridized carbons (Fsp3) is 0.593. The molecule has 6 rings (SSSR count). The van der Waals surface area contributed by atoms with Crippen molar-refractivity contribution in [1.29, 1.82) is 0 Å². The van der Waals surface area contributed by atoms with E-state index in [0.717, 1.165) is 41.6 Å². The molecule has 77 heavy (non-hydrogen) atoms. The molecule has 3 N–H and O–H groups in total. The number of likely N-dealkylation sites (tertiary alicyclic amines) is 2. The van der Waals surface area contributed by atoms with E-state index in [-0.39, 0.29) is 95.6 Å². The highest BCUT2D eigenvalue weighted by molar-refractivity contribution is 9.10. The summed E-state index contributed by atoms with van der Waals surface area (Å²) in [5, 5.41) is 3.52. The van der Waals surface area contributed by atoms with Gasteiger partial charge in [0.05, 0.1) is 32.3 Å². The second-order valence-corrected chi connectivity index (χ2v) is 24.0. The summed E-state index contributed by atoms with van der Waals surface area (Å²) in [6.45, 7) is 24.5. The van der Waals surface area contributed by atoms with Gasteiger partial charge in [0.25, 0.3) is 0 Å². The number of aromatic nitrogens is 4. The molecule has 13 nitrogen and oxygen atoms in total. The van der Waals surface area contributed by atoms with Crippen LogP contribution in [-0.2, 0) is 34.9 Å². The Bertz CT molecular complexity index is 2480. The van der Waals surface area contributed by atoms with E-state index in [2.05, 4.69) is 113 Å². The van der Waals surface area contributed by atoms with Crippen LogP contribution in [0.25, 0.3) is 0 Å². The first-order valence-corrected chi connectivity index (χ1v) is 28.0. The summed E-state index contributed by atoms with van der Waals surface area (Å²) >= 11 is 18.3. The summed E-state index contributed by atoms with van der Waals surface area (Å²) < 4.78 is 89.9. The third-order valence-electron chi connectivity index (χ3n) is 13.1. The molecule has 0 aliphatic carbocycles. The van der Waals surface area contributed by atoms with E-state index in [0.29, 0.717) is 52.2 Å². The molecule has 4 heterocycles. The molecule has 0 radical (unpaired) electrons. The minimum absolute atomic E-state index is 0.0119. The number of halogens is 10. The highest BCUT2D eigenvalue weighted by Crippen LogP contribution is 2.39. The standard InChI is InChI=1S/C27H35BrClF3N4O2.C19H31BrN4O2.C8H7ClF3N/c1-15(2)23-10-22(11-24(16(3)4)36(23)26(37)38-17(5)6)35(25-33-12-20(28)13-34-25)14-18-7-19(27(30,31)32)9-21(29)8-18;1-11(2)16-7-15(23-18-21-9-14(20)10-22-18)8-17(12(3)4)24(16)19(25)26-13(5)6;9-7-2-5(4-13)1-6(3-7)8(10,11)12/h7-9,12-13,15-17,22-24H,10-11,14H2,1-6H3;9-13,15-17H,7-8H2,1-6H3,(H,21,22,23);1-3H,4,13H2/t23-,24-;16-,17-;/m00./s1. The molecule has 4 atom stereocenters. The number of alkyl halides is 6. The highest BCUT2D eigenvalue weighted by Gasteiger charge is 2.45. The summed E-state index contributed by atoms with van der Waals surface area (Å²) in [4.78, 5) is 49.4. The second kappa shape index (κ2) is 28.8. The number of nitrogens with zero attached hydrogens (tertiary/aromatic N) is 7. The number of piperidine rings is 2. The maximum atomic E-state index is 13.5. The van der Waals surface area contributed by atoms with Crippen LogP contribution in [0.1, 0.15) is 131 Å². The van der Waals surface area contributed by atoms with Crippen molar-refractivity contribution in [1.82, 2.24) is 29.7 Å². The van der Waals surface area contributed by atoms with Gasteiger partial charge < -0.3 is 35.2 Å². The molecule has 428 valence electrons. The number of carbonyl (C=O) groups is 2. The normalized spacial score (nSPS) is 20.0. The summed E-state index contributed by atoms with van der Waals surface area (Å²) in [5.74, 6) is 1.94. The first kappa shape index (κ1) is 65.3. The lowest BCUT2D eigenvalue weighted by molar-refractivity contribution is -0.138.